The highest BCUT2D eigenvalue weighted by molar-refractivity contribution is 6.45. The van der Waals surface area contributed by atoms with Gasteiger partial charge in [-0.1, -0.05) is 50.6 Å². The van der Waals surface area contributed by atoms with E-state index in [0.717, 1.165) is 23.2 Å². The van der Waals surface area contributed by atoms with Crippen LogP contribution in [0.15, 0.2) is 48.7 Å². The smallest absolute Gasteiger partial charge is 0.388 e. The second kappa shape index (κ2) is 9.68. The van der Waals surface area contributed by atoms with Crippen molar-refractivity contribution in [3.05, 3.63) is 54.2 Å². The van der Waals surface area contributed by atoms with Crippen molar-refractivity contribution >= 4 is 7.05 Å². The monoisotopic (exact) mass is 341 g/mol. The molecule has 0 saturated heterocycles. The number of aliphatic hydroxyl groups excluding tert-OH is 1. The van der Waals surface area contributed by atoms with Crippen LogP contribution in [-0.4, -0.2) is 39.8 Å². The Morgan fingerprint density at radius 1 is 1.20 bits per heavy atom. The summed E-state index contributed by atoms with van der Waals surface area (Å²) in [6, 6.07) is 14.1. The maximum absolute atomic E-state index is 10.3. The Labute approximate surface area is 150 Å². The molecule has 1 aromatic heterocycles. The van der Waals surface area contributed by atoms with Gasteiger partial charge in [0.2, 0.25) is 0 Å². The van der Waals surface area contributed by atoms with E-state index in [1.807, 2.05) is 42.3 Å². The summed E-state index contributed by atoms with van der Waals surface area (Å²) in [6.45, 7) is 6.83. The molecule has 2 aromatic rings. The average molecular weight is 341 g/mol. The molecule has 0 aliphatic rings. The van der Waals surface area contributed by atoms with Crippen LogP contribution in [0.3, 0.4) is 0 Å². The van der Waals surface area contributed by atoms with Crippen LogP contribution < -0.4 is 5.34 Å². The summed E-state index contributed by atoms with van der Waals surface area (Å²) in [6.07, 6.45) is 2.26. The van der Waals surface area contributed by atoms with Gasteiger partial charge in [-0.25, -0.2) is 5.01 Å². The van der Waals surface area contributed by atoms with Gasteiger partial charge in [0, 0.05) is 24.8 Å². The number of nitrogens with one attached hydrogen (secondary N) is 1. The number of aromatic nitrogens is 1. The third kappa shape index (κ3) is 6.25. The van der Waals surface area contributed by atoms with Crippen molar-refractivity contribution in [2.24, 2.45) is 5.92 Å². The van der Waals surface area contributed by atoms with Crippen molar-refractivity contribution in [3.63, 3.8) is 0 Å². The van der Waals surface area contributed by atoms with Gasteiger partial charge in [0.05, 0.1) is 11.8 Å². The molecule has 0 saturated carbocycles. The van der Waals surface area contributed by atoms with Gasteiger partial charge in [0.1, 0.15) is 0 Å². The molecule has 0 spiro atoms. The predicted molar refractivity (Wildman–Crippen MR) is 103 cm³/mol. The summed E-state index contributed by atoms with van der Waals surface area (Å²) in [7, 11) is -0.670. The van der Waals surface area contributed by atoms with Crippen molar-refractivity contribution in [3.8, 4) is 11.3 Å². The van der Waals surface area contributed by atoms with Crippen LogP contribution >= 0.6 is 0 Å². The highest BCUT2D eigenvalue weighted by Crippen LogP contribution is 2.18. The van der Waals surface area contributed by atoms with Crippen LogP contribution in [0.4, 0.5) is 0 Å². The summed E-state index contributed by atoms with van der Waals surface area (Å²) in [5.41, 5.74) is 3.11. The van der Waals surface area contributed by atoms with Gasteiger partial charge in [-0.2, -0.15) is 0 Å². The molecular weight excluding hydrogens is 313 g/mol. The summed E-state index contributed by atoms with van der Waals surface area (Å²) in [5, 5.41) is 24.8. The van der Waals surface area contributed by atoms with Crippen LogP contribution in [0.25, 0.3) is 11.3 Å². The Bertz CT molecular complexity index is 622. The number of aliphatic hydroxyl groups is 1. The maximum Gasteiger partial charge on any atom is 0.388 e. The zero-order valence-electron chi connectivity index (χ0n) is 15.3. The van der Waals surface area contributed by atoms with E-state index in [1.165, 1.54) is 0 Å². The molecule has 1 aromatic carbocycles. The van der Waals surface area contributed by atoms with Crippen molar-refractivity contribution in [1.29, 1.82) is 0 Å². The lowest BCUT2D eigenvalue weighted by molar-refractivity contribution is 0.0537. The Hall–Kier alpha value is -1.73. The topological polar surface area (TPSA) is 68.6 Å². The van der Waals surface area contributed by atoms with Gasteiger partial charge in [-0.3, -0.25) is 10.3 Å². The molecular formula is C19H28BN3O2. The van der Waals surface area contributed by atoms with Gasteiger partial charge in [-0.15, -0.1) is 0 Å². The molecule has 25 heavy (non-hydrogen) atoms. The molecule has 0 aliphatic carbocycles. The van der Waals surface area contributed by atoms with Crippen molar-refractivity contribution < 1.29 is 10.1 Å². The van der Waals surface area contributed by atoms with E-state index < -0.39 is 13.2 Å². The number of hydrogen-bond donors (Lipinski definition) is 3. The molecule has 0 radical (unpaired) electrons. The van der Waals surface area contributed by atoms with Crippen molar-refractivity contribution in [1.82, 2.24) is 15.3 Å². The fourth-order valence-corrected chi connectivity index (χ4v) is 2.64. The fraction of sp³-hybridized carbons (Fsp3) is 0.421. The number of nitrogens with zero attached hydrogens (tertiary/aromatic N) is 2. The lowest BCUT2D eigenvalue weighted by Gasteiger charge is -2.28. The largest absolute Gasteiger partial charge is 0.437 e. The molecule has 0 bridgehead atoms. The molecule has 5 nitrogen and oxygen atoms in total. The van der Waals surface area contributed by atoms with Gasteiger partial charge >= 0.3 is 7.05 Å². The van der Waals surface area contributed by atoms with E-state index in [9.17, 15) is 10.1 Å². The molecule has 0 fully saturated rings. The van der Waals surface area contributed by atoms with E-state index >= 15 is 0 Å². The maximum atomic E-state index is 10.3. The van der Waals surface area contributed by atoms with E-state index in [4.69, 9.17) is 0 Å². The Kier molecular flexibility index (Phi) is 7.59. The molecule has 0 aliphatic heterocycles. The lowest BCUT2D eigenvalue weighted by atomic mass is 9.90. The summed E-state index contributed by atoms with van der Waals surface area (Å²) < 4.78 is 0. The molecule has 6 heteroatoms. The fourth-order valence-electron chi connectivity index (χ4n) is 2.64. The van der Waals surface area contributed by atoms with E-state index in [0.29, 0.717) is 13.1 Å². The Morgan fingerprint density at radius 2 is 1.92 bits per heavy atom. The summed E-state index contributed by atoms with van der Waals surface area (Å²) in [5.74, 6) is 0.213. The lowest BCUT2D eigenvalue weighted by Crippen LogP contribution is -2.49. The minimum Gasteiger partial charge on any atom is -0.437 e. The Balaban J connectivity index is 2.05. The summed E-state index contributed by atoms with van der Waals surface area (Å²) >= 11 is 0. The molecule has 134 valence electrons. The summed E-state index contributed by atoms with van der Waals surface area (Å²) in [4.78, 5) is 4.36. The average Bonchev–Trinajstić information content (AvgIpc) is 2.61. The number of hydrazine groups is 1. The highest BCUT2D eigenvalue weighted by atomic mass is 16.3. The molecule has 1 heterocycles. The minimum atomic E-state index is -0.670. The standard InChI is InChI=1S/C19H28BN3O2/c1-4-15(2)19(24)14-23(22-20(3)25)13-16-8-10-17(11-9-16)18-7-5-6-12-21-18/h5-12,15,19,22,24-25H,4,13-14H2,1-3H3/t15?,19-/m0/s1. The van der Waals surface area contributed by atoms with E-state index in [1.54, 1.807) is 13.0 Å². The van der Waals surface area contributed by atoms with Gasteiger partial charge in [-0.05, 0) is 30.4 Å². The quantitative estimate of drug-likeness (QED) is 0.483. The SMILES string of the molecule is CCC(C)[C@@H](O)CN(Cc1ccc(-c2ccccn2)cc1)NB(C)O. The number of benzene rings is 1. The van der Waals surface area contributed by atoms with Crippen LogP contribution in [0.5, 0.6) is 0 Å². The first kappa shape index (κ1) is 19.6. The zero-order chi connectivity index (χ0) is 18.2. The van der Waals surface area contributed by atoms with Gasteiger partial charge in [0.25, 0.3) is 0 Å². The molecule has 2 atom stereocenters. The Morgan fingerprint density at radius 3 is 2.48 bits per heavy atom. The number of rotatable bonds is 9. The van der Waals surface area contributed by atoms with Gasteiger partial charge < -0.3 is 10.1 Å². The molecule has 0 amide bonds. The first-order valence-corrected chi connectivity index (χ1v) is 8.87. The third-order valence-electron chi connectivity index (χ3n) is 4.37. The normalized spacial score (nSPS) is 13.7. The van der Waals surface area contributed by atoms with E-state index in [2.05, 4.69) is 29.4 Å². The second-order valence-corrected chi connectivity index (χ2v) is 6.55. The van der Waals surface area contributed by atoms with Crippen LogP contribution in [0.2, 0.25) is 6.82 Å². The number of hydrogen-bond acceptors (Lipinski definition) is 5. The van der Waals surface area contributed by atoms with Crippen molar-refractivity contribution in [2.45, 2.75) is 39.7 Å². The van der Waals surface area contributed by atoms with Gasteiger partial charge in [0.15, 0.2) is 0 Å². The van der Waals surface area contributed by atoms with Crippen LogP contribution in [0.1, 0.15) is 25.8 Å². The minimum absolute atomic E-state index is 0.213. The molecule has 2 rings (SSSR count). The number of pyridine rings is 1. The molecule has 3 N–H and O–H groups in total. The predicted octanol–water partition coefficient (Wildman–Crippen LogP) is 2.57. The zero-order valence-corrected chi connectivity index (χ0v) is 15.3. The van der Waals surface area contributed by atoms with Crippen LogP contribution in [0, 0.1) is 5.92 Å². The van der Waals surface area contributed by atoms with Crippen LogP contribution in [-0.2, 0) is 6.54 Å². The second-order valence-electron chi connectivity index (χ2n) is 6.55. The van der Waals surface area contributed by atoms with E-state index in [-0.39, 0.29) is 5.92 Å². The highest BCUT2D eigenvalue weighted by Gasteiger charge is 2.19. The first-order valence-electron chi connectivity index (χ1n) is 8.87. The van der Waals surface area contributed by atoms with Crippen molar-refractivity contribution in [2.75, 3.05) is 6.54 Å². The third-order valence-corrected chi connectivity index (χ3v) is 4.37. The first-order chi connectivity index (χ1) is 12.0. The molecule has 1 unspecified atom stereocenters.